The van der Waals surface area contributed by atoms with E-state index in [0.717, 1.165) is 12.5 Å². The van der Waals surface area contributed by atoms with Gasteiger partial charge in [-0.15, -0.1) is 0 Å². The van der Waals surface area contributed by atoms with Crippen molar-refractivity contribution in [2.45, 2.75) is 73.1 Å². The molecular formula is C15H33N. The Morgan fingerprint density at radius 3 is 2.19 bits per heavy atom. The highest BCUT2D eigenvalue weighted by atomic mass is 14.9. The van der Waals surface area contributed by atoms with E-state index in [1.165, 1.54) is 45.1 Å². The molecule has 0 bridgehead atoms. The minimum absolute atomic E-state index is 0.470. The van der Waals surface area contributed by atoms with Crippen LogP contribution in [0.2, 0.25) is 0 Å². The molecule has 0 spiro atoms. The molecule has 0 aliphatic carbocycles. The van der Waals surface area contributed by atoms with Gasteiger partial charge in [0.15, 0.2) is 0 Å². The third-order valence-corrected chi connectivity index (χ3v) is 3.45. The molecule has 0 aromatic rings. The molecule has 0 rings (SSSR count). The van der Waals surface area contributed by atoms with Crippen LogP contribution in [0.25, 0.3) is 0 Å². The third-order valence-electron chi connectivity index (χ3n) is 3.45. The van der Waals surface area contributed by atoms with Gasteiger partial charge in [-0.1, -0.05) is 60.3 Å². The third kappa shape index (κ3) is 10.5. The molecule has 98 valence electrons. The largest absolute Gasteiger partial charge is 0.316 e. The molecule has 0 aliphatic heterocycles. The van der Waals surface area contributed by atoms with E-state index in [1.807, 2.05) is 0 Å². The summed E-state index contributed by atoms with van der Waals surface area (Å²) in [5.74, 6) is 0.878. The zero-order chi connectivity index (χ0) is 12.4. The lowest BCUT2D eigenvalue weighted by Gasteiger charge is -2.22. The highest BCUT2D eigenvalue weighted by molar-refractivity contribution is 4.68. The minimum atomic E-state index is 0.470. The fraction of sp³-hybridized carbons (Fsp3) is 1.00. The van der Waals surface area contributed by atoms with Crippen LogP contribution in [0.4, 0.5) is 0 Å². The summed E-state index contributed by atoms with van der Waals surface area (Å²) in [5.41, 5.74) is 0.470. The van der Waals surface area contributed by atoms with Gasteiger partial charge in [0.25, 0.3) is 0 Å². The maximum absolute atomic E-state index is 3.58. The fourth-order valence-electron chi connectivity index (χ4n) is 1.71. The normalized spacial score (nSPS) is 12.4. The van der Waals surface area contributed by atoms with E-state index < -0.39 is 0 Å². The van der Waals surface area contributed by atoms with Gasteiger partial charge in [0, 0.05) is 6.54 Å². The molecule has 0 radical (unpaired) electrons. The van der Waals surface area contributed by atoms with Crippen molar-refractivity contribution in [2.75, 3.05) is 13.1 Å². The van der Waals surface area contributed by atoms with Crippen LogP contribution in [0.1, 0.15) is 73.1 Å². The Labute approximate surface area is 103 Å². The molecule has 0 aromatic heterocycles. The van der Waals surface area contributed by atoms with Gasteiger partial charge >= 0.3 is 0 Å². The van der Waals surface area contributed by atoms with Gasteiger partial charge in [0.05, 0.1) is 0 Å². The van der Waals surface area contributed by atoms with Crippen LogP contribution in [-0.4, -0.2) is 13.1 Å². The molecule has 0 heterocycles. The van der Waals surface area contributed by atoms with Crippen molar-refractivity contribution in [2.24, 2.45) is 11.3 Å². The SMILES string of the molecule is CCC(C)(C)CNCCCCCCC(C)C. The molecule has 0 fully saturated rings. The molecule has 0 aromatic carbocycles. The number of hydrogen-bond donors (Lipinski definition) is 1. The summed E-state index contributed by atoms with van der Waals surface area (Å²) in [7, 11) is 0. The maximum atomic E-state index is 3.58. The molecule has 1 nitrogen and oxygen atoms in total. The van der Waals surface area contributed by atoms with Crippen LogP contribution < -0.4 is 5.32 Å². The first-order chi connectivity index (χ1) is 7.48. The van der Waals surface area contributed by atoms with Gasteiger partial charge in [-0.3, -0.25) is 0 Å². The Hall–Kier alpha value is -0.0400. The second kappa shape index (κ2) is 9.04. The lowest BCUT2D eigenvalue weighted by Crippen LogP contribution is -2.29. The smallest absolute Gasteiger partial charge is 0.000241 e. The number of hydrogen-bond acceptors (Lipinski definition) is 1. The van der Waals surface area contributed by atoms with E-state index in [1.54, 1.807) is 0 Å². The van der Waals surface area contributed by atoms with Crippen LogP contribution >= 0.6 is 0 Å². The van der Waals surface area contributed by atoms with Gasteiger partial charge in [0.1, 0.15) is 0 Å². The van der Waals surface area contributed by atoms with Crippen molar-refractivity contribution < 1.29 is 0 Å². The summed E-state index contributed by atoms with van der Waals surface area (Å²) in [6.45, 7) is 13.9. The molecule has 1 heteroatoms. The Balaban J connectivity index is 3.16. The standard InChI is InChI=1S/C15H33N/c1-6-15(4,5)13-16-12-10-8-7-9-11-14(2)3/h14,16H,6-13H2,1-5H3. The van der Waals surface area contributed by atoms with Gasteiger partial charge in [-0.05, 0) is 30.7 Å². The average Bonchev–Trinajstić information content (AvgIpc) is 2.21. The van der Waals surface area contributed by atoms with Crippen molar-refractivity contribution in [3.05, 3.63) is 0 Å². The minimum Gasteiger partial charge on any atom is -0.316 e. The van der Waals surface area contributed by atoms with E-state index >= 15 is 0 Å². The number of unbranched alkanes of at least 4 members (excludes halogenated alkanes) is 3. The molecule has 0 saturated carbocycles. The summed E-state index contributed by atoms with van der Waals surface area (Å²) < 4.78 is 0. The Morgan fingerprint density at radius 1 is 1.00 bits per heavy atom. The number of nitrogens with one attached hydrogen (secondary N) is 1. The molecule has 0 atom stereocenters. The Kier molecular flexibility index (Phi) is 9.02. The van der Waals surface area contributed by atoms with Crippen LogP contribution in [-0.2, 0) is 0 Å². The van der Waals surface area contributed by atoms with Gasteiger partial charge in [-0.25, -0.2) is 0 Å². The zero-order valence-electron chi connectivity index (χ0n) is 12.2. The van der Waals surface area contributed by atoms with E-state index in [-0.39, 0.29) is 0 Å². The van der Waals surface area contributed by atoms with Gasteiger partial charge < -0.3 is 5.32 Å². The Bertz CT molecular complexity index is 150. The molecule has 0 amide bonds. The molecule has 0 aliphatic rings. The van der Waals surface area contributed by atoms with E-state index in [9.17, 15) is 0 Å². The van der Waals surface area contributed by atoms with Crippen molar-refractivity contribution >= 4 is 0 Å². The fourth-order valence-corrected chi connectivity index (χ4v) is 1.71. The second-order valence-electron chi connectivity index (χ2n) is 6.29. The highest BCUT2D eigenvalue weighted by Gasteiger charge is 2.13. The lowest BCUT2D eigenvalue weighted by molar-refractivity contribution is 0.327. The lowest BCUT2D eigenvalue weighted by atomic mass is 9.90. The summed E-state index contributed by atoms with van der Waals surface area (Å²) in [4.78, 5) is 0. The van der Waals surface area contributed by atoms with Crippen LogP contribution in [0.15, 0.2) is 0 Å². The Morgan fingerprint density at radius 2 is 1.62 bits per heavy atom. The summed E-state index contributed by atoms with van der Waals surface area (Å²) in [6.07, 6.45) is 8.23. The second-order valence-corrected chi connectivity index (χ2v) is 6.29. The van der Waals surface area contributed by atoms with Crippen molar-refractivity contribution in [3.8, 4) is 0 Å². The zero-order valence-corrected chi connectivity index (χ0v) is 12.2. The van der Waals surface area contributed by atoms with Crippen molar-refractivity contribution in [3.63, 3.8) is 0 Å². The molecule has 1 N–H and O–H groups in total. The van der Waals surface area contributed by atoms with Crippen LogP contribution in [0, 0.1) is 11.3 Å². The predicted molar refractivity (Wildman–Crippen MR) is 74.9 cm³/mol. The first-order valence-electron chi connectivity index (χ1n) is 7.18. The van der Waals surface area contributed by atoms with Crippen molar-refractivity contribution in [1.82, 2.24) is 5.32 Å². The topological polar surface area (TPSA) is 12.0 Å². The van der Waals surface area contributed by atoms with E-state index in [2.05, 4.69) is 39.9 Å². The average molecular weight is 227 g/mol. The summed E-state index contributed by atoms with van der Waals surface area (Å²) in [6, 6.07) is 0. The monoisotopic (exact) mass is 227 g/mol. The van der Waals surface area contributed by atoms with Crippen molar-refractivity contribution in [1.29, 1.82) is 0 Å². The molecular weight excluding hydrogens is 194 g/mol. The predicted octanol–water partition coefficient (Wildman–Crippen LogP) is 4.62. The molecule has 0 saturated heterocycles. The maximum Gasteiger partial charge on any atom is 0.000241 e. The first-order valence-corrected chi connectivity index (χ1v) is 7.18. The first kappa shape index (κ1) is 16.0. The highest BCUT2D eigenvalue weighted by Crippen LogP contribution is 2.17. The van der Waals surface area contributed by atoms with Crippen LogP contribution in [0.3, 0.4) is 0 Å². The van der Waals surface area contributed by atoms with Gasteiger partial charge in [-0.2, -0.15) is 0 Å². The van der Waals surface area contributed by atoms with E-state index in [0.29, 0.717) is 5.41 Å². The van der Waals surface area contributed by atoms with E-state index in [4.69, 9.17) is 0 Å². The quantitative estimate of drug-likeness (QED) is 0.537. The number of rotatable bonds is 10. The summed E-state index contributed by atoms with van der Waals surface area (Å²) in [5, 5.41) is 3.58. The van der Waals surface area contributed by atoms with Crippen LogP contribution in [0.5, 0.6) is 0 Å². The summed E-state index contributed by atoms with van der Waals surface area (Å²) >= 11 is 0. The molecule has 0 unspecified atom stereocenters. The van der Waals surface area contributed by atoms with Gasteiger partial charge in [0.2, 0.25) is 0 Å². The molecule has 16 heavy (non-hydrogen) atoms.